The Labute approximate surface area is 123 Å². The Balaban J connectivity index is 0.00000324. The fourth-order valence-corrected chi connectivity index (χ4v) is 2.65. The van der Waals surface area contributed by atoms with Crippen molar-refractivity contribution >= 4 is 18.3 Å². The Hall–Kier alpha value is -0.320. The van der Waals surface area contributed by atoms with E-state index in [-0.39, 0.29) is 30.0 Å². The molecule has 19 heavy (non-hydrogen) atoms. The Morgan fingerprint density at radius 1 is 1.47 bits per heavy atom. The normalized spacial score (nSPS) is 22.5. The van der Waals surface area contributed by atoms with Crippen molar-refractivity contribution in [2.24, 2.45) is 11.7 Å². The number of rotatable bonds is 6. The van der Waals surface area contributed by atoms with E-state index in [4.69, 9.17) is 10.5 Å². The largest absolute Gasteiger partial charge is 0.378 e. The molecule has 1 rings (SSSR count). The van der Waals surface area contributed by atoms with Gasteiger partial charge >= 0.3 is 0 Å². The predicted molar refractivity (Wildman–Crippen MR) is 80.5 cm³/mol. The van der Waals surface area contributed by atoms with Crippen LogP contribution in [0.2, 0.25) is 0 Å². The van der Waals surface area contributed by atoms with Gasteiger partial charge < -0.3 is 15.8 Å². The molecule has 1 saturated heterocycles. The van der Waals surface area contributed by atoms with Crippen molar-refractivity contribution in [1.82, 2.24) is 5.32 Å². The first-order valence-electron chi connectivity index (χ1n) is 7.08. The summed E-state index contributed by atoms with van der Waals surface area (Å²) in [5.41, 5.74) is 5.50. The third-order valence-corrected chi connectivity index (χ3v) is 3.44. The average Bonchev–Trinajstić information content (AvgIpc) is 2.28. The summed E-state index contributed by atoms with van der Waals surface area (Å²) in [6.45, 7) is 7.57. The van der Waals surface area contributed by atoms with Crippen LogP contribution in [0.15, 0.2) is 0 Å². The summed E-state index contributed by atoms with van der Waals surface area (Å²) in [6, 6.07) is 0. The molecule has 0 saturated carbocycles. The number of nitrogens with one attached hydrogen (secondary N) is 1. The van der Waals surface area contributed by atoms with Crippen molar-refractivity contribution in [1.29, 1.82) is 0 Å². The summed E-state index contributed by atoms with van der Waals surface area (Å²) in [5, 5.41) is 3.08. The first kappa shape index (κ1) is 18.7. The first-order chi connectivity index (χ1) is 8.45. The molecule has 1 heterocycles. The van der Waals surface area contributed by atoms with Crippen LogP contribution in [0.1, 0.15) is 52.9 Å². The lowest BCUT2D eigenvalue weighted by Crippen LogP contribution is -2.52. The molecule has 0 spiro atoms. The van der Waals surface area contributed by atoms with Crippen molar-refractivity contribution in [3.63, 3.8) is 0 Å². The molecular formula is C14H29ClN2O2. The van der Waals surface area contributed by atoms with E-state index in [9.17, 15) is 4.79 Å². The molecule has 0 radical (unpaired) electrons. The second kappa shape index (κ2) is 8.77. The number of amides is 1. The molecule has 0 aromatic rings. The monoisotopic (exact) mass is 292 g/mol. The topological polar surface area (TPSA) is 64.3 Å². The van der Waals surface area contributed by atoms with Crippen LogP contribution in [0.25, 0.3) is 0 Å². The summed E-state index contributed by atoms with van der Waals surface area (Å²) in [6.07, 6.45) is 4.75. The van der Waals surface area contributed by atoms with Crippen LogP contribution in [0.3, 0.4) is 0 Å². The summed E-state index contributed by atoms with van der Waals surface area (Å²) in [4.78, 5) is 12.0. The van der Waals surface area contributed by atoms with E-state index in [1.165, 1.54) is 0 Å². The van der Waals surface area contributed by atoms with Gasteiger partial charge in [0.15, 0.2) is 0 Å². The van der Waals surface area contributed by atoms with Gasteiger partial charge in [-0.15, -0.1) is 12.4 Å². The van der Waals surface area contributed by atoms with E-state index in [1.807, 2.05) is 6.92 Å². The molecule has 1 fully saturated rings. The van der Waals surface area contributed by atoms with Crippen LogP contribution in [0, 0.1) is 5.92 Å². The van der Waals surface area contributed by atoms with E-state index in [2.05, 4.69) is 19.2 Å². The van der Waals surface area contributed by atoms with Crippen molar-refractivity contribution < 1.29 is 9.53 Å². The van der Waals surface area contributed by atoms with Gasteiger partial charge in [0.1, 0.15) is 0 Å². The second-order valence-electron chi connectivity index (χ2n) is 6.10. The zero-order valence-corrected chi connectivity index (χ0v) is 13.2. The van der Waals surface area contributed by atoms with Crippen LogP contribution in [0.4, 0.5) is 0 Å². The predicted octanol–water partition coefficient (Wildman–Crippen LogP) is 2.25. The van der Waals surface area contributed by atoms with Crippen LogP contribution in [-0.4, -0.2) is 30.7 Å². The Kier molecular flexibility index (Phi) is 8.62. The highest BCUT2D eigenvalue weighted by molar-refractivity contribution is 5.85. The molecule has 3 N–H and O–H groups in total. The minimum absolute atomic E-state index is 0. The van der Waals surface area contributed by atoms with E-state index >= 15 is 0 Å². The summed E-state index contributed by atoms with van der Waals surface area (Å²) >= 11 is 0. The Morgan fingerprint density at radius 3 is 2.63 bits per heavy atom. The lowest BCUT2D eigenvalue weighted by molar-refractivity contribution is -0.126. The van der Waals surface area contributed by atoms with Gasteiger partial charge in [0, 0.05) is 18.7 Å². The molecule has 0 aromatic carbocycles. The summed E-state index contributed by atoms with van der Waals surface area (Å²) in [7, 11) is 0. The molecule has 1 amide bonds. The summed E-state index contributed by atoms with van der Waals surface area (Å²) in [5.74, 6) is 0.584. The number of hydrogen-bond acceptors (Lipinski definition) is 3. The van der Waals surface area contributed by atoms with Gasteiger partial charge in [0.25, 0.3) is 0 Å². The van der Waals surface area contributed by atoms with Gasteiger partial charge in [-0.1, -0.05) is 13.8 Å². The third-order valence-electron chi connectivity index (χ3n) is 3.44. The maximum atomic E-state index is 12.0. The molecule has 114 valence electrons. The number of halogens is 1. The molecular weight excluding hydrogens is 264 g/mol. The number of carbonyl (C=O) groups is 1. The van der Waals surface area contributed by atoms with Gasteiger partial charge in [-0.25, -0.2) is 0 Å². The third kappa shape index (κ3) is 7.14. The van der Waals surface area contributed by atoms with Gasteiger partial charge in [0.2, 0.25) is 5.91 Å². The zero-order valence-electron chi connectivity index (χ0n) is 12.4. The van der Waals surface area contributed by atoms with E-state index in [1.54, 1.807) is 0 Å². The quantitative estimate of drug-likeness (QED) is 0.789. The fraction of sp³-hybridized carbons (Fsp3) is 0.929. The van der Waals surface area contributed by atoms with Crippen molar-refractivity contribution in [3.05, 3.63) is 0 Å². The first-order valence-corrected chi connectivity index (χ1v) is 7.08. The Morgan fingerprint density at radius 2 is 2.16 bits per heavy atom. The highest BCUT2D eigenvalue weighted by Gasteiger charge is 2.27. The molecule has 1 aliphatic rings. The van der Waals surface area contributed by atoms with Gasteiger partial charge in [0.05, 0.1) is 12.5 Å². The maximum Gasteiger partial charge on any atom is 0.223 e. The number of nitrogens with two attached hydrogens (primary N) is 1. The minimum Gasteiger partial charge on any atom is -0.378 e. The molecule has 2 unspecified atom stereocenters. The molecule has 1 aliphatic heterocycles. The van der Waals surface area contributed by atoms with Gasteiger partial charge in [-0.05, 0) is 38.5 Å². The van der Waals surface area contributed by atoms with E-state index in [0.29, 0.717) is 18.9 Å². The fourth-order valence-electron chi connectivity index (χ4n) is 2.65. The standard InChI is InChI=1S/C14H28N2O2.ClH/c1-11(2)9-14(3,10-15)16-13(17)8-12-6-4-5-7-18-12;/h11-12H,4-10,15H2,1-3H3,(H,16,17);1H. The molecule has 0 aliphatic carbocycles. The van der Waals surface area contributed by atoms with E-state index < -0.39 is 0 Å². The lowest BCUT2D eigenvalue weighted by Gasteiger charge is -2.32. The van der Waals surface area contributed by atoms with E-state index in [0.717, 1.165) is 32.3 Å². The van der Waals surface area contributed by atoms with Crippen LogP contribution in [0.5, 0.6) is 0 Å². The molecule has 2 atom stereocenters. The number of ether oxygens (including phenoxy) is 1. The molecule has 5 heteroatoms. The molecule has 4 nitrogen and oxygen atoms in total. The lowest BCUT2D eigenvalue weighted by atomic mass is 9.90. The number of hydrogen-bond donors (Lipinski definition) is 2. The summed E-state index contributed by atoms with van der Waals surface area (Å²) < 4.78 is 5.59. The second-order valence-corrected chi connectivity index (χ2v) is 6.10. The smallest absolute Gasteiger partial charge is 0.223 e. The van der Waals surface area contributed by atoms with Crippen molar-refractivity contribution in [2.45, 2.75) is 64.5 Å². The van der Waals surface area contributed by atoms with Gasteiger partial charge in [-0.3, -0.25) is 4.79 Å². The number of carbonyl (C=O) groups excluding carboxylic acids is 1. The SMILES string of the molecule is CC(C)CC(C)(CN)NC(=O)CC1CCCCO1.Cl. The average molecular weight is 293 g/mol. The highest BCUT2D eigenvalue weighted by Crippen LogP contribution is 2.18. The maximum absolute atomic E-state index is 12.0. The van der Waals surface area contributed by atoms with Crippen LogP contribution < -0.4 is 11.1 Å². The van der Waals surface area contributed by atoms with Crippen molar-refractivity contribution in [3.8, 4) is 0 Å². The van der Waals surface area contributed by atoms with Crippen LogP contribution in [-0.2, 0) is 9.53 Å². The zero-order chi connectivity index (χ0) is 13.6. The molecule has 0 aromatic heterocycles. The molecule has 0 bridgehead atoms. The van der Waals surface area contributed by atoms with Gasteiger partial charge in [-0.2, -0.15) is 0 Å². The van der Waals surface area contributed by atoms with Crippen molar-refractivity contribution in [2.75, 3.05) is 13.2 Å². The minimum atomic E-state index is -0.292. The Bertz CT molecular complexity index is 268. The highest BCUT2D eigenvalue weighted by atomic mass is 35.5. The van der Waals surface area contributed by atoms with Crippen LogP contribution >= 0.6 is 12.4 Å².